The van der Waals surface area contributed by atoms with Crippen LogP contribution in [-0.2, 0) is 16.0 Å². The summed E-state index contributed by atoms with van der Waals surface area (Å²) < 4.78 is 5.29. The molecule has 2 aromatic rings. The first-order valence-corrected chi connectivity index (χ1v) is 7.45. The van der Waals surface area contributed by atoms with Gasteiger partial charge in [-0.3, -0.25) is 14.9 Å². The van der Waals surface area contributed by atoms with E-state index in [9.17, 15) is 9.59 Å². The standard InChI is InChI=1S/C13H12ClN3O4S/c14-8-3-1-2-4-9(8)21-7-10(18)15-13-17-16-11(22-13)5-6-12(19)20/h1-4H,5-7H2,(H,19,20)(H,15,17,18). The van der Waals surface area contributed by atoms with Crippen molar-refractivity contribution in [2.75, 3.05) is 11.9 Å². The number of rotatable bonds is 7. The number of carbonyl (C=O) groups excluding carboxylic acids is 1. The number of amides is 1. The largest absolute Gasteiger partial charge is 0.482 e. The molecule has 0 fully saturated rings. The Hall–Kier alpha value is -2.19. The molecule has 1 amide bonds. The molecule has 2 rings (SSSR count). The predicted octanol–water partition coefficient (Wildman–Crippen LogP) is 2.23. The fourth-order valence-corrected chi connectivity index (χ4v) is 2.43. The molecular formula is C13H12ClN3O4S. The minimum Gasteiger partial charge on any atom is -0.482 e. The van der Waals surface area contributed by atoms with Crippen LogP contribution >= 0.6 is 22.9 Å². The molecule has 116 valence electrons. The van der Waals surface area contributed by atoms with Gasteiger partial charge in [0.1, 0.15) is 10.8 Å². The van der Waals surface area contributed by atoms with Crippen molar-refractivity contribution < 1.29 is 19.4 Å². The van der Waals surface area contributed by atoms with Gasteiger partial charge < -0.3 is 9.84 Å². The fraction of sp³-hybridized carbons (Fsp3) is 0.231. The molecule has 0 bridgehead atoms. The Morgan fingerprint density at radius 2 is 2.09 bits per heavy atom. The zero-order valence-corrected chi connectivity index (χ0v) is 12.9. The van der Waals surface area contributed by atoms with E-state index >= 15 is 0 Å². The summed E-state index contributed by atoms with van der Waals surface area (Å²) in [7, 11) is 0. The lowest BCUT2D eigenvalue weighted by atomic mass is 10.3. The summed E-state index contributed by atoms with van der Waals surface area (Å²) in [6.07, 6.45) is 0.247. The number of carbonyl (C=O) groups is 2. The average molecular weight is 342 g/mol. The lowest BCUT2D eigenvalue weighted by molar-refractivity contribution is -0.137. The topological polar surface area (TPSA) is 101 Å². The van der Waals surface area contributed by atoms with Gasteiger partial charge in [0.05, 0.1) is 11.4 Å². The van der Waals surface area contributed by atoms with E-state index in [1.54, 1.807) is 24.3 Å². The Morgan fingerprint density at radius 1 is 1.32 bits per heavy atom. The molecule has 0 aliphatic carbocycles. The molecule has 0 unspecified atom stereocenters. The fourth-order valence-electron chi connectivity index (χ4n) is 1.48. The van der Waals surface area contributed by atoms with E-state index in [1.165, 1.54) is 0 Å². The third-order valence-corrected chi connectivity index (χ3v) is 3.67. The zero-order valence-electron chi connectivity index (χ0n) is 11.3. The Bertz CT molecular complexity index is 677. The summed E-state index contributed by atoms with van der Waals surface area (Å²) >= 11 is 7.04. The van der Waals surface area contributed by atoms with Crippen LogP contribution in [0.2, 0.25) is 5.02 Å². The lowest BCUT2D eigenvalue weighted by Gasteiger charge is -2.06. The number of hydrogen-bond acceptors (Lipinski definition) is 6. The molecule has 0 atom stereocenters. The number of benzene rings is 1. The number of halogens is 1. The molecule has 1 aromatic carbocycles. The van der Waals surface area contributed by atoms with Gasteiger partial charge in [0.15, 0.2) is 6.61 Å². The molecule has 0 saturated heterocycles. The molecule has 0 aliphatic rings. The molecule has 2 N–H and O–H groups in total. The van der Waals surface area contributed by atoms with Crippen LogP contribution in [0, 0.1) is 0 Å². The number of aromatic nitrogens is 2. The number of nitrogens with one attached hydrogen (secondary N) is 1. The number of aliphatic carboxylic acids is 1. The smallest absolute Gasteiger partial charge is 0.303 e. The third-order valence-electron chi connectivity index (χ3n) is 2.46. The number of carboxylic acid groups (broad SMARTS) is 1. The Labute approximate surface area is 134 Å². The summed E-state index contributed by atoms with van der Waals surface area (Å²) in [6, 6.07) is 6.83. The van der Waals surface area contributed by atoms with Crippen molar-refractivity contribution >= 4 is 39.9 Å². The highest BCUT2D eigenvalue weighted by molar-refractivity contribution is 7.15. The number of carboxylic acids is 1. The summed E-state index contributed by atoms with van der Waals surface area (Å²) in [5.74, 6) is -0.895. The summed E-state index contributed by atoms with van der Waals surface area (Å²) in [5.41, 5.74) is 0. The normalized spacial score (nSPS) is 10.2. The van der Waals surface area contributed by atoms with Crippen molar-refractivity contribution in [1.29, 1.82) is 0 Å². The van der Waals surface area contributed by atoms with E-state index in [-0.39, 0.29) is 19.4 Å². The Morgan fingerprint density at radius 3 is 2.82 bits per heavy atom. The Balaban J connectivity index is 1.82. The van der Waals surface area contributed by atoms with Gasteiger partial charge in [-0.15, -0.1) is 10.2 Å². The van der Waals surface area contributed by atoms with Crippen LogP contribution in [0.3, 0.4) is 0 Å². The van der Waals surface area contributed by atoms with Crippen molar-refractivity contribution in [3.63, 3.8) is 0 Å². The molecule has 0 aliphatic heterocycles. The quantitative estimate of drug-likeness (QED) is 0.800. The molecular weight excluding hydrogens is 330 g/mol. The summed E-state index contributed by atoms with van der Waals surface area (Å²) in [4.78, 5) is 22.2. The van der Waals surface area contributed by atoms with Crippen molar-refractivity contribution in [1.82, 2.24) is 10.2 Å². The Kier molecular flexibility index (Phi) is 5.68. The number of para-hydroxylation sites is 1. The number of aryl methyl sites for hydroxylation is 1. The van der Waals surface area contributed by atoms with Crippen molar-refractivity contribution in [3.05, 3.63) is 34.3 Å². The maximum Gasteiger partial charge on any atom is 0.303 e. The minimum atomic E-state index is -0.908. The lowest BCUT2D eigenvalue weighted by Crippen LogP contribution is -2.20. The van der Waals surface area contributed by atoms with E-state index in [0.717, 1.165) is 11.3 Å². The van der Waals surface area contributed by atoms with Crippen LogP contribution in [0.15, 0.2) is 24.3 Å². The van der Waals surface area contributed by atoms with Crippen molar-refractivity contribution in [2.24, 2.45) is 0 Å². The van der Waals surface area contributed by atoms with Gasteiger partial charge in [-0.05, 0) is 12.1 Å². The van der Waals surface area contributed by atoms with Crippen molar-refractivity contribution in [3.8, 4) is 5.75 Å². The first kappa shape index (κ1) is 16.2. The van der Waals surface area contributed by atoms with Crippen LogP contribution in [-0.4, -0.2) is 33.8 Å². The molecule has 9 heteroatoms. The number of hydrogen-bond donors (Lipinski definition) is 2. The van der Waals surface area contributed by atoms with Gasteiger partial charge in [0.25, 0.3) is 5.91 Å². The predicted molar refractivity (Wildman–Crippen MR) is 81.4 cm³/mol. The minimum absolute atomic E-state index is 0.0296. The van der Waals surface area contributed by atoms with Crippen LogP contribution < -0.4 is 10.1 Å². The van der Waals surface area contributed by atoms with Gasteiger partial charge in [0, 0.05) is 6.42 Å². The van der Waals surface area contributed by atoms with E-state index < -0.39 is 11.9 Å². The van der Waals surface area contributed by atoms with Crippen molar-refractivity contribution in [2.45, 2.75) is 12.8 Å². The second-order valence-electron chi connectivity index (χ2n) is 4.16. The third kappa shape index (κ3) is 4.97. The molecule has 22 heavy (non-hydrogen) atoms. The van der Waals surface area contributed by atoms with Crippen LogP contribution in [0.1, 0.15) is 11.4 Å². The maximum atomic E-state index is 11.7. The summed E-state index contributed by atoms with van der Waals surface area (Å²) in [6.45, 7) is -0.215. The second kappa shape index (κ2) is 7.71. The van der Waals surface area contributed by atoms with Crippen LogP contribution in [0.4, 0.5) is 5.13 Å². The van der Waals surface area contributed by atoms with Crippen LogP contribution in [0.25, 0.3) is 0 Å². The monoisotopic (exact) mass is 341 g/mol. The number of nitrogens with zero attached hydrogens (tertiary/aromatic N) is 2. The molecule has 1 aromatic heterocycles. The highest BCUT2D eigenvalue weighted by Crippen LogP contribution is 2.23. The average Bonchev–Trinajstić information content (AvgIpc) is 2.92. The molecule has 7 nitrogen and oxygen atoms in total. The highest BCUT2D eigenvalue weighted by atomic mass is 35.5. The molecule has 0 radical (unpaired) electrons. The first-order valence-electron chi connectivity index (χ1n) is 6.26. The second-order valence-corrected chi connectivity index (χ2v) is 5.63. The van der Waals surface area contributed by atoms with E-state index in [0.29, 0.717) is 20.9 Å². The van der Waals surface area contributed by atoms with E-state index in [4.69, 9.17) is 21.4 Å². The molecule has 0 saturated carbocycles. The SMILES string of the molecule is O=C(O)CCc1nnc(NC(=O)COc2ccccc2Cl)s1. The highest BCUT2D eigenvalue weighted by Gasteiger charge is 2.10. The zero-order chi connectivity index (χ0) is 15.9. The van der Waals surface area contributed by atoms with Gasteiger partial charge in [-0.2, -0.15) is 0 Å². The van der Waals surface area contributed by atoms with E-state index in [1.807, 2.05) is 0 Å². The van der Waals surface area contributed by atoms with Gasteiger partial charge in [-0.25, -0.2) is 0 Å². The van der Waals surface area contributed by atoms with E-state index in [2.05, 4.69) is 15.5 Å². The number of ether oxygens (including phenoxy) is 1. The number of anilines is 1. The van der Waals surface area contributed by atoms with Gasteiger partial charge in [-0.1, -0.05) is 35.1 Å². The molecule has 0 spiro atoms. The van der Waals surface area contributed by atoms with Gasteiger partial charge in [0.2, 0.25) is 5.13 Å². The van der Waals surface area contributed by atoms with Gasteiger partial charge >= 0.3 is 5.97 Å². The summed E-state index contributed by atoms with van der Waals surface area (Å²) in [5, 5.41) is 20.0. The van der Waals surface area contributed by atoms with Crippen LogP contribution in [0.5, 0.6) is 5.75 Å². The maximum absolute atomic E-state index is 11.7. The first-order chi connectivity index (χ1) is 10.5. The molecule has 1 heterocycles.